The molecule has 0 amide bonds. The number of rotatable bonds is 6. The molecule has 1 fully saturated rings. The van der Waals surface area contributed by atoms with Gasteiger partial charge in [-0.15, -0.1) is 23.5 Å². The Morgan fingerprint density at radius 1 is 0.962 bits per heavy atom. The molecule has 0 aromatic heterocycles. The van der Waals surface area contributed by atoms with Crippen LogP contribution in [0.4, 0.5) is 0 Å². The maximum Gasteiger partial charge on any atom is 0.198 e. The van der Waals surface area contributed by atoms with E-state index in [0.717, 1.165) is 27.1 Å². The third-order valence-corrected chi connectivity index (χ3v) is 6.52. The lowest BCUT2D eigenvalue weighted by molar-refractivity contribution is -0.111. The number of ketones is 2. The van der Waals surface area contributed by atoms with Crippen molar-refractivity contribution in [2.75, 3.05) is 18.6 Å². The second kappa shape index (κ2) is 8.92. The lowest BCUT2D eigenvalue weighted by atomic mass is 10.0. The summed E-state index contributed by atoms with van der Waals surface area (Å²) >= 11 is 3.16. The average Bonchev–Trinajstić information content (AvgIpc) is 3.21. The van der Waals surface area contributed by atoms with E-state index in [0.29, 0.717) is 5.56 Å². The summed E-state index contributed by atoms with van der Waals surface area (Å²) in [6.07, 6.45) is 3.20. The summed E-state index contributed by atoms with van der Waals surface area (Å²) in [6.45, 7) is 0. The van der Waals surface area contributed by atoms with Crippen molar-refractivity contribution in [2.24, 2.45) is 0 Å². The summed E-state index contributed by atoms with van der Waals surface area (Å²) in [5.41, 5.74) is 1.69. The minimum absolute atomic E-state index is 0.216. The summed E-state index contributed by atoms with van der Waals surface area (Å²) in [4.78, 5) is 25.7. The monoisotopic (exact) mass is 382 g/mol. The fourth-order valence-corrected chi connectivity index (χ4v) is 5.01. The van der Waals surface area contributed by atoms with Crippen molar-refractivity contribution in [3.63, 3.8) is 0 Å². The predicted octanol–water partition coefficient (Wildman–Crippen LogP) is 4.85. The molecule has 3 rings (SSSR count). The van der Waals surface area contributed by atoms with Crippen molar-refractivity contribution in [2.45, 2.75) is 0 Å². The molecule has 2 aromatic rings. The van der Waals surface area contributed by atoms with E-state index in [9.17, 15) is 9.59 Å². The first-order valence-corrected chi connectivity index (χ1v) is 10.1. The lowest BCUT2D eigenvalue weighted by Gasteiger charge is -2.07. The highest BCUT2D eigenvalue weighted by Crippen LogP contribution is 2.39. The topological polar surface area (TPSA) is 43.4 Å². The first kappa shape index (κ1) is 18.5. The van der Waals surface area contributed by atoms with Gasteiger partial charge >= 0.3 is 0 Å². The number of benzene rings is 2. The van der Waals surface area contributed by atoms with Crippen molar-refractivity contribution >= 4 is 41.2 Å². The van der Waals surface area contributed by atoms with Gasteiger partial charge < -0.3 is 4.74 Å². The number of methoxy groups -OCH3 is 1. The molecule has 0 aliphatic carbocycles. The minimum Gasteiger partial charge on any atom is -0.497 e. The molecule has 0 radical (unpaired) electrons. The second-order valence-corrected chi connectivity index (χ2v) is 7.99. The fourth-order valence-electron chi connectivity index (χ4n) is 2.46. The van der Waals surface area contributed by atoms with Crippen molar-refractivity contribution in [1.82, 2.24) is 0 Å². The van der Waals surface area contributed by atoms with Gasteiger partial charge in [0, 0.05) is 17.1 Å². The molecule has 5 heteroatoms. The molecule has 132 valence electrons. The van der Waals surface area contributed by atoms with Gasteiger partial charge in [0.25, 0.3) is 0 Å². The Labute approximate surface area is 161 Å². The molecule has 1 saturated heterocycles. The van der Waals surface area contributed by atoms with E-state index in [-0.39, 0.29) is 17.1 Å². The van der Waals surface area contributed by atoms with E-state index in [2.05, 4.69) is 0 Å². The van der Waals surface area contributed by atoms with Crippen LogP contribution in [0.25, 0.3) is 6.08 Å². The van der Waals surface area contributed by atoms with E-state index in [1.807, 2.05) is 42.5 Å². The van der Waals surface area contributed by atoms with Crippen molar-refractivity contribution in [1.29, 1.82) is 0 Å². The number of thioether (sulfide) groups is 2. The van der Waals surface area contributed by atoms with Gasteiger partial charge in [0.05, 0.1) is 16.9 Å². The highest BCUT2D eigenvalue weighted by Gasteiger charge is 2.25. The van der Waals surface area contributed by atoms with E-state index in [1.165, 1.54) is 6.08 Å². The summed E-state index contributed by atoms with van der Waals surface area (Å²) in [6, 6.07) is 16.4. The Bertz CT molecular complexity index is 845. The Balaban J connectivity index is 1.87. The van der Waals surface area contributed by atoms with Crippen LogP contribution in [-0.2, 0) is 4.79 Å². The smallest absolute Gasteiger partial charge is 0.198 e. The van der Waals surface area contributed by atoms with Gasteiger partial charge in [-0.2, -0.15) is 0 Å². The molecule has 1 heterocycles. The number of ether oxygens (including phenoxy) is 1. The van der Waals surface area contributed by atoms with Crippen LogP contribution in [0.15, 0.2) is 70.5 Å². The van der Waals surface area contributed by atoms with E-state index in [1.54, 1.807) is 48.8 Å². The van der Waals surface area contributed by atoms with Crippen LogP contribution in [0.3, 0.4) is 0 Å². The molecule has 0 saturated carbocycles. The van der Waals surface area contributed by atoms with Crippen molar-refractivity contribution < 1.29 is 14.3 Å². The number of carbonyl (C=O) groups excluding carboxylic acids is 2. The Kier molecular flexibility index (Phi) is 6.36. The first-order valence-electron chi connectivity index (χ1n) is 8.15. The van der Waals surface area contributed by atoms with E-state index < -0.39 is 0 Å². The van der Waals surface area contributed by atoms with Crippen LogP contribution in [0.5, 0.6) is 5.75 Å². The maximum absolute atomic E-state index is 12.9. The van der Waals surface area contributed by atoms with Crippen molar-refractivity contribution in [3.05, 3.63) is 81.6 Å². The molecular formula is C21H18O3S2. The highest BCUT2D eigenvalue weighted by molar-refractivity contribution is 8.25. The van der Waals surface area contributed by atoms with E-state index in [4.69, 9.17) is 4.74 Å². The summed E-state index contributed by atoms with van der Waals surface area (Å²) < 4.78 is 5.95. The molecule has 0 unspecified atom stereocenters. The number of carbonyl (C=O) groups is 2. The molecule has 0 spiro atoms. The van der Waals surface area contributed by atoms with Gasteiger partial charge in [0.2, 0.25) is 0 Å². The quantitative estimate of drug-likeness (QED) is 0.309. The largest absolute Gasteiger partial charge is 0.497 e. The number of allylic oxidation sites excluding steroid dienone is 2. The number of hydrogen-bond acceptors (Lipinski definition) is 5. The van der Waals surface area contributed by atoms with Gasteiger partial charge in [0.15, 0.2) is 11.6 Å². The highest BCUT2D eigenvalue weighted by atomic mass is 32.2. The van der Waals surface area contributed by atoms with Crippen LogP contribution in [-0.4, -0.2) is 30.2 Å². The van der Waals surface area contributed by atoms with Crippen LogP contribution in [0.2, 0.25) is 0 Å². The summed E-state index contributed by atoms with van der Waals surface area (Å²) in [7, 11) is 1.61. The first-order chi connectivity index (χ1) is 12.7. The minimum atomic E-state index is -0.258. The average molecular weight is 383 g/mol. The zero-order chi connectivity index (χ0) is 18.4. The molecule has 0 N–H and O–H groups in total. The van der Waals surface area contributed by atoms with Gasteiger partial charge in [-0.25, -0.2) is 0 Å². The Hall–Kier alpha value is -2.24. The maximum atomic E-state index is 12.9. The molecule has 26 heavy (non-hydrogen) atoms. The second-order valence-electron chi connectivity index (χ2n) is 5.53. The Morgan fingerprint density at radius 3 is 2.23 bits per heavy atom. The fraction of sp³-hybridized carbons (Fsp3) is 0.143. The molecule has 1 aliphatic heterocycles. The third kappa shape index (κ3) is 4.48. The molecule has 3 nitrogen and oxygen atoms in total. The zero-order valence-electron chi connectivity index (χ0n) is 14.3. The SMILES string of the molecule is COc1ccc(/C=C/C(=O)C(C(=O)c2ccccc2)=C2SCCS2)cc1. The third-order valence-electron chi connectivity index (χ3n) is 3.81. The lowest BCUT2D eigenvalue weighted by Crippen LogP contribution is -2.12. The molecule has 1 aliphatic rings. The molecule has 0 atom stereocenters. The van der Waals surface area contributed by atoms with Crippen LogP contribution >= 0.6 is 23.5 Å². The van der Waals surface area contributed by atoms with Gasteiger partial charge in [0.1, 0.15) is 5.75 Å². The summed E-state index contributed by atoms with van der Waals surface area (Å²) in [5, 5.41) is 0. The van der Waals surface area contributed by atoms with Gasteiger partial charge in [-0.3, -0.25) is 9.59 Å². The molecule has 2 aromatic carbocycles. The standard InChI is InChI=1S/C21H18O3S2/c1-24-17-10-7-15(8-11-17)9-12-18(22)19(21-25-13-14-26-21)20(23)16-5-3-2-4-6-16/h2-12H,13-14H2,1H3/b12-9+. The normalized spacial score (nSPS) is 13.8. The molecule has 0 bridgehead atoms. The summed E-state index contributed by atoms with van der Waals surface area (Å²) in [5.74, 6) is 2.12. The number of Topliss-reactive ketones (excluding diaryl/α,β-unsaturated/α-hetero) is 1. The predicted molar refractivity (Wildman–Crippen MR) is 110 cm³/mol. The zero-order valence-corrected chi connectivity index (χ0v) is 15.9. The van der Waals surface area contributed by atoms with E-state index >= 15 is 0 Å². The van der Waals surface area contributed by atoms with Crippen LogP contribution in [0.1, 0.15) is 15.9 Å². The molecular weight excluding hydrogens is 364 g/mol. The van der Waals surface area contributed by atoms with Crippen LogP contribution < -0.4 is 4.74 Å². The number of hydrogen-bond donors (Lipinski definition) is 0. The van der Waals surface area contributed by atoms with Crippen molar-refractivity contribution in [3.8, 4) is 5.75 Å². The van der Waals surface area contributed by atoms with Gasteiger partial charge in [-0.1, -0.05) is 48.5 Å². The van der Waals surface area contributed by atoms with Gasteiger partial charge in [-0.05, 0) is 23.8 Å². The Morgan fingerprint density at radius 2 is 1.62 bits per heavy atom. The van der Waals surface area contributed by atoms with Crippen LogP contribution in [0, 0.1) is 0 Å².